The van der Waals surface area contributed by atoms with Gasteiger partial charge in [0.15, 0.2) is 0 Å². The van der Waals surface area contributed by atoms with Crippen molar-refractivity contribution in [2.24, 2.45) is 0 Å². The minimum atomic E-state index is -4.23. The van der Waals surface area contributed by atoms with Crippen LogP contribution in [0.1, 0.15) is 0 Å². The molecule has 3 aromatic rings. The summed E-state index contributed by atoms with van der Waals surface area (Å²) >= 11 is 0. The van der Waals surface area contributed by atoms with Crippen LogP contribution in [-0.4, -0.2) is 19.6 Å². The molecule has 0 heterocycles. The van der Waals surface area contributed by atoms with Crippen molar-refractivity contribution in [2.45, 2.75) is 4.90 Å². The van der Waals surface area contributed by atoms with Crippen molar-refractivity contribution in [3.8, 4) is 0 Å². The first-order valence-electron chi connectivity index (χ1n) is 7.61. The van der Waals surface area contributed by atoms with Gasteiger partial charge >= 0.3 is 143 Å². The van der Waals surface area contributed by atoms with Crippen LogP contribution in [0.25, 0.3) is 0 Å². The second-order valence-electron chi connectivity index (χ2n) is 5.86. The van der Waals surface area contributed by atoms with Crippen molar-refractivity contribution in [1.29, 1.82) is 0 Å². The molecule has 0 spiro atoms. The van der Waals surface area contributed by atoms with Gasteiger partial charge in [-0.1, -0.05) is 0 Å². The van der Waals surface area contributed by atoms with E-state index in [2.05, 4.69) is 30.9 Å². The summed E-state index contributed by atoms with van der Waals surface area (Å²) in [6.07, 6.45) is 0. The molecule has 0 aliphatic rings. The molecular formula is C19H19O3PS. The first-order valence-corrected chi connectivity index (χ1v) is 11.6. The molecule has 3 rings (SSSR count). The Morgan fingerprint density at radius 1 is 0.708 bits per heavy atom. The Morgan fingerprint density at radius 2 is 1.17 bits per heavy atom. The van der Waals surface area contributed by atoms with Crippen LogP contribution in [0.4, 0.5) is 0 Å². The molecule has 24 heavy (non-hydrogen) atoms. The maximum absolute atomic E-state index is 11.6. The van der Waals surface area contributed by atoms with Crippen LogP contribution in [0.15, 0.2) is 89.8 Å². The molecule has 0 saturated carbocycles. The first kappa shape index (κ1) is 16.8. The molecule has 5 heteroatoms. The van der Waals surface area contributed by atoms with Crippen molar-refractivity contribution in [3.05, 3.63) is 84.9 Å². The van der Waals surface area contributed by atoms with Gasteiger partial charge in [-0.2, -0.15) is 0 Å². The molecule has 0 amide bonds. The summed E-state index contributed by atoms with van der Waals surface area (Å²) in [4.78, 5) is -0.0643. The minimum absolute atomic E-state index is 0.0643. The Bertz CT molecular complexity index is 899. The average Bonchev–Trinajstić information content (AvgIpc) is 2.62. The number of hydrogen-bond donors (Lipinski definition) is 1. The van der Waals surface area contributed by atoms with Gasteiger partial charge in [0.1, 0.15) is 0 Å². The summed E-state index contributed by atoms with van der Waals surface area (Å²) in [7, 11) is -6.59. The third kappa shape index (κ3) is 3.13. The molecule has 0 bridgehead atoms. The normalized spacial score (nSPS) is 12.8. The van der Waals surface area contributed by atoms with E-state index in [1.54, 1.807) is 12.1 Å². The van der Waals surface area contributed by atoms with E-state index in [1.165, 1.54) is 16.7 Å². The molecule has 3 aromatic carbocycles. The summed E-state index contributed by atoms with van der Waals surface area (Å²) in [5.74, 6) is 0. The van der Waals surface area contributed by atoms with Crippen LogP contribution in [0.2, 0.25) is 0 Å². The molecule has 0 atom stereocenters. The molecule has 0 aliphatic heterocycles. The molecule has 0 fully saturated rings. The van der Waals surface area contributed by atoms with E-state index in [4.69, 9.17) is 0 Å². The zero-order chi connectivity index (χ0) is 17.2. The van der Waals surface area contributed by atoms with E-state index >= 15 is 0 Å². The predicted molar refractivity (Wildman–Crippen MR) is 102 cm³/mol. The fourth-order valence-electron chi connectivity index (χ4n) is 3.01. The zero-order valence-electron chi connectivity index (χ0n) is 13.3. The van der Waals surface area contributed by atoms with E-state index in [0.717, 1.165) is 5.30 Å². The molecule has 0 radical (unpaired) electrons. The van der Waals surface area contributed by atoms with Gasteiger partial charge in [-0.25, -0.2) is 0 Å². The molecule has 0 aliphatic carbocycles. The zero-order valence-corrected chi connectivity index (χ0v) is 15.1. The van der Waals surface area contributed by atoms with Crippen molar-refractivity contribution in [2.75, 3.05) is 6.66 Å². The van der Waals surface area contributed by atoms with E-state index in [1.807, 2.05) is 42.5 Å². The van der Waals surface area contributed by atoms with Crippen molar-refractivity contribution in [3.63, 3.8) is 0 Å². The van der Waals surface area contributed by atoms with Gasteiger partial charge in [-0.3, -0.25) is 0 Å². The van der Waals surface area contributed by atoms with Crippen molar-refractivity contribution < 1.29 is 13.0 Å². The molecule has 0 saturated heterocycles. The first-order chi connectivity index (χ1) is 11.4. The Labute approximate surface area is 143 Å². The predicted octanol–water partition coefficient (Wildman–Crippen LogP) is 2.59. The summed E-state index contributed by atoms with van der Waals surface area (Å²) in [5.41, 5.74) is 0. The number of rotatable bonds is 4. The fourth-order valence-corrected chi connectivity index (χ4v) is 7.23. The maximum atomic E-state index is 11.6. The van der Waals surface area contributed by atoms with Crippen LogP contribution in [0.3, 0.4) is 0 Å². The third-order valence-electron chi connectivity index (χ3n) is 4.41. The van der Waals surface area contributed by atoms with E-state index < -0.39 is 17.4 Å². The number of hydrogen-bond acceptors (Lipinski definition) is 2. The molecule has 124 valence electrons. The second kappa shape index (κ2) is 6.48. The second-order valence-corrected chi connectivity index (χ2v) is 11.3. The van der Waals surface area contributed by atoms with Crippen LogP contribution in [0, 0.1) is 0 Å². The molecule has 3 nitrogen and oxygen atoms in total. The summed E-state index contributed by atoms with van der Waals surface area (Å²) in [6, 6.07) is 26.9. The van der Waals surface area contributed by atoms with E-state index in [-0.39, 0.29) is 4.90 Å². The van der Waals surface area contributed by atoms with Crippen molar-refractivity contribution >= 4 is 33.3 Å². The van der Waals surface area contributed by atoms with Gasteiger partial charge in [-0.05, 0) is 0 Å². The van der Waals surface area contributed by atoms with E-state index in [0.29, 0.717) is 0 Å². The SMILES string of the molecule is C[PH](c1ccccc1)(c1ccccc1)c1cccc(S(=O)(=O)O)c1. The Kier molecular flexibility index (Phi) is 4.55. The molecule has 1 N–H and O–H groups in total. The van der Waals surface area contributed by atoms with Crippen LogP contribution >= 0.6 is 7.26 Å². The monoisotopic (exact) mass is 358 g/mol. The third-order valence-corrected chi connectivity index (χ3v) is 9.70. The fraction of sp³-hybridized carbons (Fsp3) is 0.0526. The molecular weight excluding hydrogens is 339 g/mol. The summed E-state index contributed by atoms with van der Waals surface area (Å²) in [5, 5.41) is 3.31. The van der Waals surface area contributed by atoms with Gasteiger partial charge in [0, 0.05) is 0 Å². The Balaban J connectivity index is 2.28. The topological polar surface area (TPSA) is 54.4 Å². The van der Waals surface area contributed by atoms with Gasteiger partial charge in [-0.15, -0.1) is 0 Å². The summed E-state index contributed by atoms with van der Waals surface area (Å²) in [6.45, 7) is 2.20. The average molecular weight is 358 g/mol. The van der Waals surface area contributed by atoms with Crippen LogP contribution in [-0.2, 0) is 10.1 Å². The van der Waals surface area contributed by atoms with Gasteiger partial charge in [0.05, 0.1) is 0 Å². The standard InChI is InChI=1S/C19H19O3PS/c1-23(16-9-4-2-5-10-16,17-11-6-3-7-12-17)18-13-8-14-19(15-18)24(20,21)22/h2-15,23H,1H3,(H,20,21,22). The Hall–Kier alpha value is -2.00. The number of benzene rings is 3. The van der Waals surface area contributed by atoms with Crippen LogP contribution < -0.4 is 15.9 Å². The summed E-state index contributed by atoms with van der Waals surface area (Å²) < 4.78 is 32.5. The van der Waals surface area contributed by atoms with Crippen LogP contribution in [0.5, 0.6) is 0 Å². The van der Waals surface area contributed by atoms with Gasteiger partial charge < -0.3 is 0 Å². The molecule has 0 unspecified atom stereocenters. The van der Waals surface area contributed by atoms with Crippen molar-refractivity contribution in [1.82, 2.24) is 0 Å². The van der Waals surface area contributed by atoms with Gasteiger partial charge in [0.25, 0.3) is 0 Å². The van der Waals surface area contributed by atoms with Gasteiger partial charge in [0.2, 0.25) is 0 Å². The Morgan fingerprint density at radius 3 is 1.62 bits per heavy atom. The van der Waals surface area contributed by atoms with E-state index in [9.17, 15) is 13.0 Å². The quantitative estimate of drug-likeness (QED) is 0.576. The molecule has 0 aromatic heterocycles.